The summed E-state index contributed by atoms with van der Waals surface area (Å²) in [4.78, 5) is 11.7. The molecule has 5 nitrogen and oxygen atoms in total. The van der Waals surface area contributed by atoms with Crippen molar-refractivity contribution < 1.29 is 9.53 Å². The summed E-state index contributed by atoms with van der Waals surface area (Å²) < 4.78 is 7.59. The predicted octanol–water partition coefficient (Wildman–Crippen LogP) is 1.97. The van der Waals surface area contributed by atoms with Gasteiger partial charge in [-0.05, 0) is 56.7 Å². The van der Waals surface area contributed by atoms with Crippen LogP contribution in [0.5, 0.6) is 0 Å². The van der Waals surface area contributed by atoms with Crippen molar-refractivity contribution in [2.75, 3.05) is 6.61 Å². The van der Waals surface area contributed by atoms with Crippen LogP contribution in [0.3, 0.4) is 0 Å². The Bertz CT molecular complexity index is 599. The Morgan fingerprint density at radius 2 is 2.13 bits per heavy atom. The van der Waals surface area contributed by atoms with Crippen molar-refractivity contribution in [3.8, 4) is 0 Å². The monoisotopic (exact) mass is 317 g/mol. The third-order valence-corrected chi connectivity index (χ3v) is 5.90. The average molecular weight is 317 g/mol. The van der Waals surface area contributed by atoms with Crippen LogP contribution in [0.25, 0.3) is 0 Å². The Morgan fingerprint density at radius 1 is 1.39 bits per heavy atom. The maximum Gasteiger partial charge on any atom is 0.308 e. The highest BCUT2D eigenvalue weighted by atomic mass is 16.5. The standard InChI is InChI=1S/C17H28BN3O2/c1-10(2)16(22)23-9-13-12-5-6-15-14(7-8-17(12,13)18)19-20-21(15)11(3)4/h10-13H,5-9,18H2,1-4H3/t12?,13-,17?/m0/s1. The number of esters is 1. The lowest BCUT2D eigenvalue weighted by atomic mass is 9.74. The highest BCUT2D eigenvalue weighted by Crippen LogP contribution is 2.68. The number of ether oxygens (including phenoxy) is 1. The molecule has 0 bridgehead atoms. The molecule has 2 aliphatic carbocycles. The largest absolute Gasteiger partial charge is 0.465 e. The molecule has 2 aliphatic rings. The molecule has 3 atom stereocenters. The van der Waals surface area contributed by atoms with Gasteiger partial charge in [0.1, 0.15) is 7.85 Å². The zero-order chi connectivity index (χ0) is 16.8. The van der Waals surface area contributed by atoms with E-state index in [1.165, 1.54) is 11.4 Å². The van der Waals surface area contributed by atoms with E-state index in [9.17, 15) is 4.79 Å². The summed E-state index contributed by atoms with van der Waals surface area (Å²) in [6.45, 7) is 8.67. The molecule has 1 fully saturated rings. The van der Waals surface area contributed by atoms with Crippen molar-refractivity contribution in [3.63, 3.8) is 0 Å². The first-order valence-corrected chi connectivity index (χ1v) is 8.94. The van der Waals surface area contributed by atoms with Crippen LogP contribution in [0.15, 0.2) is 0 Å². The van der Waals surface area contributed by atoms with Crippen LogP contribution in [-0.2, 0) is 22.4 Å². The molecule has 6 heteroatoms. The SMILES string of the molecule is BC12CCc3nnn(C(C)C)c3CCC1[C@@H]2COC(=O)C(C)C. The van der Waals surface area contributed by atoms with E-state index in [4.69, 9.17) is 4.74 Å². The Hall–Kier alpha value is -1.33. The molecule has 2 unspecified atom stereocenters. The van der Waals surface area contributed by atoms with Crippen LogP contribution in [0.2, 0.25) is 5.31 Å². The summed E-state index contributed by atoms with van der Waals surface area (Å²) in [5.74, 6) is 1.05. The second-order valence-corrected chi connectivity index (χ2v) is 8.06. The highest BCUT2D eigenvalue weighted by Gasteiger charge is 2.60. The summed E-state index contributed by atoms with van der Waals surface area (Å²) >= 11 is 0. The lowest BCUT2D eigenvalue weighted by Gasteiger charge is -2.16. The van der Waals surface area contributed by atoms with Crippen LogP contribution < -0.4 is 0 Å². The fourth-order valence-electron chi connectivity index (χ4n) is 4.20. The van der Waals surface area contributed by atoms with Crippen LogP contribution >= 0.6 is 0 Å². The summed E-state index contributed by atoms with van der Waals surface area (Å²) in [6, 6.07) is 0.360. The second kappa shape index (κ2) is 5.95. The third kappa shape index (κ3) is 2.92. The predicted molar refractivity (Wildman–Crippen MR) is 91.1 cm³/mol. The van der Waals surface area contributed by atoms with Gasteiger partial charge in [-0.1, -0.05) is 19.1 Å². The molecule has 0 amide bonds. The normalized spacial score (nSPS) is 29.7. The number of nitrogens with zero attached hydrogens (tertiary/aromatic N) is 3. The van der Waals surface area contributed by atoms with E-state index in [2.05, 4.69) is 36.7 Å². The van der Waals surface area contributed by atoms with E-state index in [1.54, 1.807) is 0 Å². The number of carbonyl (C=O) groups is 1. The number of hydrogen-bond acceptors (Lipinski definition) is 4. The van der Waals surface area contributed by atoms with E-state index >= 15 is 0 Å². The molecular weight excluding hydrogens is 289 g/mol. The number of aryl methyl sites for hydroxylation is 1. The Morgan fingerprint density at radius 3 is 2.78 bits per heavy atom. The fraction of sp³-hybridized carbons (Fsp3) is 0.824. The minimum absolute atomic E-state index is 0.0420. The topological polar surface area (TPSA) is 57.0 Å². The number of aromatic nitrogens is 3. The molecule has 1 heterocycles. The van der Waals surface area contributed by atoms with E-state index in [0.29, 0.717) is 29.8 Å². The molecular formula is C17H28BN3O2. The number of carbonyl (C=O) groups excluding carboxylic acids is 1. The van der Waals surface area contributed by atoms with Gasteiger partial charge < -0.3 is 4.74 Å². The highest BCUT2D eigenvalue weighted by molar-refractivity contribution is 6.18. The van der Waals surface area contributed by atoms with Gasteiger partial charge in [0.2, 0.25) is 0 Å². The lowest BCUT2D eigenvalue weighted by Crippen LogP contribution is -2.14. The number of rotatable bonds is 4. The maximum absolute atomic E-state index is 11.7. The first-order valence-electron chi connectivity index (χ1n) is 8.94. The maximum atomic E-state index is 11.7. The third-order valence-electron chi connectivity index (χ3n) is 5.90. The van der Waals surface area contributed by atoms with E-state index < -0.39 is 0 Å². The van der Waals surface area contributed by atoms with E-state index in [1.807, 2.05) is 13.8 Å². The molecule has 0 radical (unpaired) electrons. The molecule has 1 saturated carbocycles. The molecule has 1 aromatic rings. The molecule has 0 aliphatic heterocycles. The van der Waals surface area contributed by atoms with Crippen LogP contribution in [0.1, 0.15) is 58.0 Å². The van der Waals surface area contributed by atoms with Crippen molar-refractivity contribution in [3.05, 3.63) is 11.4 Å². The first kappa shape index (κ1) is 16.5. The number of hydrogen-bond donors (Lipinski definition) is 0. The van der Waals surface area contributed by atoms with Crippen LogP contribution in [0.4, 0.5) is 0 Å². The lowest BCUT2D eigenvalue weighted by molar-refractivity contribution is -0.147. The van der Waals surface area contributed by atoms with E-state index in [-0.39, 0.29) is 11.9 Å². The fourth-order valence-corrected chi connectivity index (χ4v) is 4.20. The minimum Gasteiger partial charge on any atom is -0.465 e. The molecule has 0 aromatic carbocycles. The zero-order valence-electron chi connectivity index (χ0n) is 15.0. The number of fused-ring (bicyclic) bond motifs is 2. The Labute approximate surface area is 139 Å². The van der Waals surface area contributed by atoms with Crippen molar-refractivity contribution in [1.29, 1.82) is 0 Å². The summed E-state index contributed by atoms with van der Waals surface area (Å²) in [5, 5.41) is 9.05. The van der Waals surface area contributed by atoms with Gasteiger partial charge in [0, 0.05) is 6.04 Å². The average Bonchev–Trinajstić information content (AvgIpc) is 2.83. The summed E-state index contributed by atoms with van der Waals surface area (Å²) in [5.41, 5.74) is 2.48. The molecule has 3 rings (SSSR count). The summed E-state index contributed by atoms with van der Waals surface area (Å²) in [6.07, 6.45) is 4.29. The van der Waals surface area contributed by atoms with E-state index in [0.717, 1.165) is 25.7 Å². The van der Waals surface area contributed by atoms with Crippen molar-refractivity contribution in [2.24, 2.45) is 17.8 Å². The molecule has 126 valence electrons. The van der Waals surface area contributed by atoms with Gasteiger partial charge in [0.05, 0.1) is 23.9 Å². The quantitative estimate of drug-likeness (QED) is 0.629. The van der Waals surface area contributed by atoms with Crippen molar-refractivity contribution >= 4 is 13.8 Å². The molecule has 0 spiro atoms. The second-order valence-electron chi connectivity index (χ2n) is 8.06. The molecule has 0 N–H and O–H groups in total. The minimum atomic E-state index is -0.0757. The zero-order valence-corrected chi connectivity index (χ0v) is 15.0. The first-order chi connectivity index (χ1) is 10.8. The molecule has 23 heavy (non-hydrogen) atoms. The van der Waals surface area contributed by atoms with Gasteiger partial charge in [-0.2, -0.15) is 0 Å². The molecule has 1 aromatic heterocycles. The van der Waals surface area contributed by atoms with Crippen molar-refractivity contribution in [1.82, 2.24) is 15.0 Å². The smallest absolute Gasteiger partial charge is 0.308 e. The Balaban J connectivity index is 1.67. The van der Waals surface area contributed by atoms with Gasteiger partial charge in [-0.3, -0.25) is 4.79 Å². The van der Waals surface area contributed by atoms with Gasteiger partial charge in [-0.25, -0.2) is 4.68 Å². The van der Waals surface area contributed by atoms with Gasteiger partial charge in [0.15, 0.2) is 0 Å². The van der Waals surface area contributed by atoms with Crippen LogP contribution in [-0.4, -0.2) is 35.4 Å². The van der Waals surface area contributed by atoms with Gasteiger partial charge in [0.25, 0.3) is 0 Å². The van der Waals surface area contributed by atoms with Gasteiger partial charge in [-0.15, -0.1) is 5.10 Å². The van der Waals surface area contributed by atoms with Crippen LogP contribution in [0, 0.1) is 17.8 Å². The summed E-state index contributed by atoms with van der Waals surface area (Å²) in [7, 11) is 2.35. The van der Waals surface area contributed by atoms with Crippen molar-refractivity contribution in [2.45, 2.75) is 64.7 Å². The Kier molecular flexibility index (Phi) is 4.28. The molecule has 0 saturated heterocycles. The van der Waals surface area contributed by atoms with Gasteiger partial charge >= 0.3 is 5.97 Å².